The fourth-order valence-electron chi connectivity index (χ4n) is 3.44. The minimum Gasteiger partial charge on any atom is -0.444 e. The lowest BCUT2D eigenvalue weighted by molar-refractivity contribution is 0.0635. The molecule has 3 rings (SSSR count). The fraction of sp³-hybridized carbons (Fsp3) is 0.391. The van der Waals surface area contributed by atoms with E-state index in [-0.39, 0.29) is 5.91 Å². The van der Waals surface area contributed by atoms with Gasteiger partial charge in [-0.1, -0.05) is 30.3 Å². The molecule has 0 aromatic heterocycles. The molecule has 0 radical (unpaired) electrons. The molecule has 1 saturated heterocycles. The molecule has 2 amide bonds. The number of amides is 2. The van der Waals surface area contributed by atoms with E-state index in [4.69, 9.17) is 4.74 Å². The SMILES string of the molecule is CC(C)(C)OC(=O)Nc1ccc(C(=O)N2CCC(c3ccccc3)CC2)cc1. The van der Waals surface area contributed by atoms with Crippen molar-refractivity contribution in [3.8, 4) is 0 Å². The Labute approximate surface area is 166 Å². The number of carbonyl (C=O) groups is 2. The Balaban J connectivity index is 1.54. The minimum atomic E-state index is -0.550. The van der Waals surface area contributed by atoms with Gasteiger partial charge in [0, 0.05) is 24.3 Å². The van der Waals surface area contributed by atoms with Crippen LogP contribution in [0.25, 0.3) is 0 Å². The monoisotopic (exact) mass is 380 g/mol. The van der Waals surface area contributed by atoms with Crippen LogP contribution in [0.4, 0.5) is 10.5 Å². The van der Waals surface area contributed by atoms with Gasteiger partial charge < -0.3 is 9.64 Å². The maximum atomic E-state index is 12.8. The molecule has 0 aliphatic carbocycles. The van der Waals surface area contributed by atoms with Crippen molar-refractivity contribution in [1.29, 1.82) is 0 Å². The van der Waals surface area contributed by atoms with Crippen molar-refractivity contribution in [3.63, 3.8) is 0 Å². The second-order valence-corrected chi connectivity index (χ2v) is 8.18. The highest BCUT2D eigenvalue weighted by molar-refractivity contribution is 5.95. The second-order valence-electron chi connectivity index (χ2n) is 8.18. The van der Waals surface area contributed by atoms with Gasteiger partial charge in [-0.2, -0.15) is 0 Å². The number of hydrogen-bond acceptors (Lipinski definition) is 3. The van der Waals surface area contributed by atoms with Gasteiger partial charge in [0.15, 0.2) is 0 Å². The fourth-order valence-corrected chi connectivity index (χ4v) is 3.44. The van der Waals surface area contributed by atoms with Crippen molar-refractivity contribution in [2.75, 3.05) is 18.4 Å². The molecule has 0 spiro atoms. The Hall–Kier alpha value is -2.82. The summed E-state index contributed by atoms with van der Waals surface area (Å²) >= 11 is 0. The van der Waals surface area contributed by atoms with Gasteiger partial charge in [0.1, 0.15) is 5.60 Å². The smallest absolute Gasteiger partial charge is 0.412 e. The van der Waals surface area contributed by atoms with Crippen LogP contribution in [0.2, 0.25) is 0 Å². The number of rotatable bonds is 3. The van der Waals surface area contributed by atoms with Crippen LogP contribution in [0.3, 0.4) is 0 Å². The summed E-state index contributed by atoms with van der Waals surface area (Å²) in [5.74, 6) is 0.556. The summed E-state index contributed by atoms with van der Waals surface area (Å²) in [7, 11) is 0. The van der Waals surface area contributed by atoms with Crippen LogP contribution >= 0.6 is 0 Å². The lowest BCUT2D eigenvalue weighted by Crippen LogP contribution is -2.37. The van der Waals surface area contributed by atoms with Crippen LogP contribution in [0.5, 0.6) is 0 Å². The average Bonchev–Trinajstić information content (AvgIpc) is 2.67. The van der Waals surface area contributed by atoms with Gasteiger partial charge in [-0.15, -0.1) is 0 Å². The summed E-state index contributed by atoms with van der Waals surface area (Å²) in [4.78, 5) is 26.5. The molecule has 28 heavy (non-hydrogen) atoms. The number of benzene rings is 2. The van der Waals surface area contributed by atoms with Crippen LogP contribution in [0.1, 0.15) is 55.5 Å². The topological polar surface area (TPSA) is 58.6 Å². The molecule has 2 aromatic carbocycles. The molecule has 5 nitrogen and oxygen atoms in total. The third-order valence-corrected chi connectivity index (χ3v) is 4.83. The Bertz CT molecular complexity index is 802. The number of carbonyl (C=O) groups excluding carboxylic acids is 2. The van der Waals surface area contributed by atoms with Gasteiger partial charge in [0.2, 0.25) is 0 Å². The second kappa shape index (κ2) is 8.46. The Kier molecular flexibility index (Phi) is 6.02. The Morgan fingerprint density at radius 1 is 0.964 bits per heavy atom. The van der Waals surface area contributed by atoms with Gasteiger partial charge >= 0.3 is 6.09 Å². The molecular weight excluding hydrogens is 352 g/mol. The molecule has 0 unspecified atom stereocenters. The summed E-state index contributed by atoms with van der Waals surface area (Å²) < 4.78 is 5.24. The zero-order valence-electron chi connectivity index (χ0n) is 16.8. The van der Waals surface area contributed by atoms with E-state index >= 15 is 0 Å². The molecule has 148 valence electrons. The highest BCUT2D eigenvalue weighted by atomic mass is 16.6. The average molecular weight is 380 g/mol. The molecule has 1 aliphatic rings. The largest absolute Gasteiger partial charge is 0.444 e. The third kappa shape index (κ3) is 5.35. The van der Waals surface area contributed by atoms with Crippen LogP contribution < -0.4 is 5.32 Å². The molecule has 1 fully saturated rings. The van der Waals surface area contributed by atoms with Crippen molar-refractivity contribution in [2.24, 2.45) is 0 Å². The Morgan fingerprint density at radius 3 is 2.14 bits per heavy atom. The number of nitrogens with one attached hydrogen (secondary N) is 1. The van der Waals surface area contributed by atoms with E-state index in [1.54, 1.807) is 24.3 Å². The molecule has 1 N–H and O–H groups in total. The summed E-state index contributed by atoms with van der Waals surface area (Å²) in [6, 6.07) is 17.5. The van der Waals surface area contributed by atoms with Crippen molar-refractivity contribution in [1.82, 2.24) is 4.90 Å². The maximum absolute atomic E-state index is 12.8. The van der Waals surface area contributed by atoms with E-state index in [0.717, 1.165) is 25.9 Å². The van der Waals surface area contributed by atoms with Crippen molar-refractivity contribution in [3.05, 3.63) is 65.7 Å². The van der Waals surface area contributed by atoms with Crippen LogP contribution in [0.15, 0.2) is 54.6 Å². The predicted octanol–water partition coefficient (Wildman–Crippen LogP) is 5.05. The minimum absolute atomic E-state index is 0.0373. The highest BCUT2D eigenvalue weighted by Gasteiger charge is 2.24. The van der Waals surface area contributed by atoms with E-state index in [0.29, 0.717) is 17.2 Å². The zero-order chi connectivity index (χ0) is 20.1. The van der Waals surface area contributed by atoms with Gasteiger partial charge in [-0.3, -0.25) is 10.1 Å². The first-order chi connectivity index (χ1) is 13.3. The number of hydrogen-bond donors (Lipinski definition) is 1. The lowest BCUT2D eigenvalue weighted by atomic mass is 9.89. The summed E-state index contributed by atoms with van der Waals surface area (Å²) in [5, 5.41) is 2.68. The number of anilines is 1. The summed E-state index contributed by atoms with van der Waals surface area (Å²) in [5.41, 5.74) is 2.04. The van der Waals surface area contributed by atoms with E-state index in [1.807, 2.05) is 31.7 Å². The first-order valence-electron chi connectivity index (χ1n) is 9.76. The number of nitrogens with zero attached hydrogens (tertiary/aromatic N) is 1. The van der Waals surface area contributed by atoms with Gasteiger partial charge in [0.25, 0.3) is 5.91 Å². The molecular formula is C23H28N2O3. The molecule has 5 heteroatoms. The normalized spacial score (nSPS) is 15.2. The standard InChI is InChI=1S/C23H28N2O3/c1-23(2,3)28-22(27)24-20-11-9-19(10-12-20)21(26)25-15-13-18(14-16-25)17-7-5-4-6-8-17/h4-12,18H,13-16H2,1-3H3,(H,24,27). The number of likely N-dealkylation sites (tertiary alicyclic amines) is 1. The van der Waals surface area contributed by atoms with E-state index in [9.17, 15) is 9.59 Å². The number of ether oxygens (including phenoxy) is 1. The van der Waals surface area contributed by atoms with Crippen LogP contribution in [-0.4, -0.2) is 35.6 Å². The maximum Gasteiger partial charge on any atom is 0.412 e. The molecule has 0 saturated carbocycles. The van der Waals surface area contributed by atoms with Gasteiger partial charge in [-0.25, -0.2) is 4.79 Å². The molecule has 1 aliphatic heterocycles. The predicted molar refractivity (Wildman–Crippen MR) is 111 cm³/mol. The van der Waals surface area contributed by atoms with E-state index < -0.39 is 11.7 Å². The van der Waals surface area contributed by atoms with Gasteiger partial charge in [-0.05, 0) is 69.4 Å². The molecule has 2 aromatic rings. The number of piperidine rings is 1. The molecule has 0 atom stereocenters. The zero-order valence-corrected chi connectivity index (χ0v) is 16.8. The van der Waals surface area contributed by atoms with Gasteiger partial charge in [0.05, 0.1) is 0 Å². The lowest BCUT2D eigenvalue weighted by Gasteiger charge is -2.32. The summed E-state index contributed by atoms with van der Waals surface area (Å²) in [6.07, 6.45) is 1.46. The summed E-state index contributed by atoms with van der Waals surface area (Å²) in [6.45, 7) is 6.96. The molecule has 0 bridgehead atoms. The van der Waals surface area contributed by atoms with E-state index in [2.05, 4.69) is 29.6 Å². The van der Waals surface area contributed by atoms with E-state index in [1.165, 1.54) is 5.56 Å². The first kappa shape index (κ1) is 19.9. The third-order valence-electron chi connectivity index (χ3n) is 4.83. The van der Waals surface area contributed by atoms with Crippen LogP contribution in [0, 0.1) is 0 Å². The molecule has 1 heterocycles. The van der Waals surface area contributed by atoms with Crippen molar-refractivity contribution in [2.45, 2.75) is 45.1 Å². The highest BCUT2D eigenvalue weighted by Crippen LogP contribution is 2.28. The first-order valence-corrected chi connectivity index (χ1v) is 9.76. The van der Waals surface area contributed by atoms with Crippen molar-refractivity contribution < 1.29 is 14.3 Å². The van der Waals surface area contributed by atoms with Crippen LogP contribution in [-0.2, 0) is 4.74 Å². The Morgan fingerprint density at radius 2 is 1.57 bits per heavy atom. The van der Waals surface area contributed by atoms with Crippen molar-refractivity contribution >= 4 is 17.7 Å². The quantitative estimate of drug-likeness (QED) is 0.810.